The highest BCUT2D eigenvalue weighted by Crippen LogP contribution is 2.31. The molecular weight excluding hydrogens is 252 g/mol. The van der Waals surface area contributed by atoms with Gasteiger partial charge in [0, 0.05) is 18.0 Å². The maximum Gasteiger partial charge on any atom is 0.355 e. The zero-order chi connectivity index (χ0) is 13.3. The van der Waals surface area contributed by atoms with E-state index >= 15 is 0 Å². The average Bonchev–Trinajstić information content (AvgIpc) is 2.97. The molecule has 98 valence electrons. The van der Waals surface area contributed by atoms with Crippen LogP contribution < -0.4 is 0 Å². The second-order valence-electron chi connectivity index (χ2n) is 4.84. The van der Waals surface area contributed by atoms with E-state index in [1.165, 1.54) is 18.2 Å². The summed E-state index contributed by atoms with van der Waals surface area (Å²) in [7, 11) is 0. The fourth-order valence-electron chi connectivity index (χ4n) is 1.70. The van der Waals surface area contributed by atoms with E-state index in [4.69, 9.17) is 5.11 Å². The predicted molar refractivity (Wildman–Crippen MR) is 68.0 cm³/mol. The molecule has 1 N–H and O–H groups in total. The number of aromatic carboxylic acids is 1. The van der Waals surface area contributed by atoms with Crippen molar-refractivity contribution in [1.82, 2.24) is 9.88 Å². The van der Waals surface area contributed by atoms with Gasteiger partial charge in [0.1, 0.15) is 0 Å². The summed E-state index contributed by atoms with van der Waals surface area (Å²) in [4.78, 5) is 28.7. The molecule has 5 nitrogen and oxygen atoms in total. The number of hydrogen-bond donors (Lipinski definition) is 1. The molecule has 18 heavy (non-hydrogen) atoms. The van der Waals surface area contributed by atoms with Gasteiger partial charge in [-0.25, -0.2) is 9.78 Å². The first-order chi connectivity index (χ1) is 8.49. The normalized spacial score (nSPS) is 14.8. The van der Waals surface area contributed by atoms with E-state index in [1.807, 2.05) is 13.8 Å². The first-order valence-corrected chi connectivity index (χ1v) is 6.86. The minimum absolute atomic E-state index is 0.0570. The molecule has 2 rings (SSSR count). The van der Waals surface area contributed by atoms with Gasteiger partial charge in [-0.15, -0.1) is 11.3 Å². The van der Waals surface area contributed by atoms with Gasteiger partial charge in [0.15, 0.2) is 10.7 Å². The summed E-state index contributed by atoms with van der Waals surface area (Å²) in [6.45, 7) is 4.68. The smallest absolute Gasteiger partial charge is 0.355 e. The van der Waals surface area contributed by atoms with Gasteiger partial charge in [0.25, 0.3) is 5.91 Å². The van der Waals surface area contributed by atoms with Crippen LogP contribution in [-0.4, -0.2) is 39.5 Å². The van der Waals surface area contributed by atoms with Gasteiger partial charge in [-0.05, 0) is 32.6 Å². The Balaban J connectivity index is 2.12. The number of thiazole rings is 1. The summed E-state index contributed by atoms with van der Waals surface area (Å²) < 4.78 is 0. The summed E-state index contributed by atoms with van der Waals surface area (Å²) in [6, 6.07) is 0.107. The molecule has 6 heteroatoms. The number of rotatable bonds is 5. The third-order valence-electron chi connectivity index (χ3n) is 2.94. The van der Waals surface area contributed by atoms with Crippen molar-refractivity contribution in [3.8, 4) is 0 Å². The van der Waals surface area contributed by atoms with Crippen molar-refractivity contribution in [2.45, 2.75) is 32.7 Å². The second-order valence-corrected chi connectivity index (χ2v) is 5.70. The van der Waals surface area contributed by atoms with E-state index in [0.717, 1.165) is 17.9 Å². The van der Waals surface area contributed by atoms with Crippen molar-refractivity contribution in [2.24, 2.45) is 5.92 Å². The summed E-state index contributed by atoms with van der Waals surface area (Å²) >= 11 is 1.10. The zero-order valence-electron chi connectivity index (χ0n) is 10.4. The SMILES string of the molecule is CC(C)N(CC1CC1)C(=O)c1nc(C(=O)O)cs1. The molecule has 1 aromatic rings. The molecule has 1 aliphatic rings. The molecule has 0 aromatic carbocycles. The Labute approximate surface area is 109 Å². The van der Waals surface area contributed by atoms with Crippen molar-refractivity contribution in [2.75, 3.05) is 6.54 Å². The number of carbonyl (C=O) groups is 2. The van der Waals surface area contributed by atoms with Gasteiger partial charge < -0.3 is 10.0 Å². The fourth-order valence-corrected chi connectivity index (χ4v) is 2.45. The van der Waals surface area contributed by atoms with Gasteiger partial charge in [-0.3, -0.25) is 4.79 Å². The maximum absolute atomic E-state index is 12.3. The number of amides is 1. The lowest BCUT2D eigenvalue weighted by atomic mass is 10.2. The van der Waals surface area contributed by atoms with Crippen LogP contribution in [0.25, 0.3) is 0 Å². The molecule has 0 unspecified atom stereocenters. The van der Waals surface area contributed by atoms with Crippen LogP contribution in [0.4, 0.5) is 0 Å². The first-order valence-electron chi connectivity index (χ1n) is 5.99. The van der Waals surface area contributed by atoms with Crippen LogP contribution in [0.1, 0.15) is 47.0 Å². The van der Waals surface area contributed by atoms with Crippen LogP contribution in [-0.2, 0) is 0 Å². The lowest BCUT2D eigenvalue weighted by molar-refractivity contribution is 0.0689. The van der Waals surface area contributed by atoms with Gasteiger partial charge in [-0.1, -0.05) is 0 Å². The van der Waals surface area contributed by atoms with Gasteiger partial charge in [0.05, 0.1) is 0 Å². The Morgan fingerprint density at radius 1 is 1.56 bits per heavy atom. The Kier molecular flexibility index (Phi) is 3.65. The van der Waals surface area contributed by atoms with Crippen molar-refractivity contribution in [3.05, 3.63) is 16.1 Å². The van der Waals surface area contributed by atoms with Crippen LogP contribution >= 0.6 is 11.3 Å². The lowest BCUT2D eigenvalue weighted by Crippen LogP contribution is -2.38. The second kappa shape index (κ2) is 5.06. The summed E-state index contributed by atoms with van der Waals surface area (Å²) in [6.07, 6.45) is 2.35. The third-order valence-corrected chi connectivity index (χ3v) is 3.77. The van der Waals surface area contributed by atoms with Gasteiger partial charge in [-0.2, -0.15) is 0 Å². The minimum Gasteiger partial charge on any atom is -0.476 e. The standard InChI is InChI=1S/C12H16N2O3S/c1-7(2)14(5-8-3-4-8)11(15)10-13-9(6-18-10)12(16)17/h6-8H,3-5H2,1-2H3,(H,16,17). The Bertz CT molecular complexity index is 466. The molecule has 1 saturated carbocycles. The van der Waals surface area contributed by atoms with E-state index < -0.39 is 5.97 Å². The Morgan fingerprint density at radius 3 is 2.67 bits per heavy atom. The minimum atomic E-state index is -1.09. The molecule has 0 atom stereocenters. The fraction of sp³-hybridized carbons (Fsp3) is 0.583. The quantitative estimate of drug-likeness (QED) is 0.887. The largest absolute Gasteiger partial charge is 0.476 e. The molecule has 1 aliphatic carbocycles. The van der Waals surface area contributed by atoms with Crippen molar-refractivity contribution < 1.29 is 14.7 Å². The Hall–Kier alpha value is -1.43. The maximum atomic E-state index is 12.3. The van der Waals surface area contributed by atoms with Gasteiger partial charge in [0.2, 0.25) is 0 Å². The molecule has 0 aliphatic heterocycles. The number of nitrogens with zero attached hydrogens (tertiary/aromatic N) is 2. The summed E-state index contributed by atoms with van der Waals surface area (Å²) in [5.74, 6) is -0.645. The van der Waals surface area contributed by atoms with Crippen LogP contribution in [0.2, 0.25) is 0 Å². The van der Waals surface area contributed by atoms with Crippen molar-refractivity contribution in [1.29, 1.82) is 0 Å². The van der Waals surface area contributed by atoms with Crippen LogP contribution in [0, 0.1) is 5.92 Å². The monoisotopic (exact) mass is 268 g/mol. The van der Waals surface area contributed by atoms with E-state index in [9.17, 15) is 9.59 Å². The third kappa shape index (κ3) is 2.87. The molecule has 0 saturated heterocycles. The van der Waals surface area contributed by atoms with E-state index in [1.54, 1.807) is 4.90 Å². The van der Waals surface area contributed by atoms with E-state index in [0.29, 0.717) is 5.92 Å². The lowest BCUT2D eigenvalue weighted by Gasteiger charge is -2.25. The molecule has 0 bridgehead atoms. The number of aromatic nitrogens is 1. The predicted octanol–water partition coefficient (Wildman–Crippen LogP) is 2.10. The highest BCUT2D eigenvalue weighted by molar-refractivity contribution is 7.11. The highest BCUT2D eigenvalue weighted by Gasteiger charge is 2.30. The van der Waals surface area contributed by atoms with Crippen molar-refractivity contribution in [3.63, 3.8) is 0 Å². The topological polar surface area (TPSA) is 70.5 Å². The number of carbonyl (C=O) groups excluding carboxylic acids is 1. The molecular formula is C12H16N2O3S. The number of hydrogen-bond acceptors (Lipinski definition) is 4. The average molecular weight is 268 g/mol. The Morgan fingerprint density at radius 2 is 2.22 bits per heavy atom. The number of carboxylic acids is 1. The molecule has 0 radical (unpaired) electrons. The van der Waals surface area contributed by atoms with Gasteiger partial charge >= 0.3 is 5.97 Å². The van der Waals surface area contributed by atoms with E-state index in [2.05, 4.69) is 4.98 Å². The highest BCUT2D eigenvalue weighted by atomic mass is 32.1. The molecule has 1 aromatic heterocycles. The van der Waals surface area contributed by atoms with Crippen LogP contribution in [0.5, 0.6) is 0 Å². The zero-order valence-corrected chi connectivity index (χ0v) is 11.2. The van der Waals surface area contributed by atoms with Crippen molar-refractivity contribution >= 4 is 23.2 Å². The molecule has 0 spiro atoms. The van der Waals surface area contributed by atoms with Crippen LogP contribution in [0.3, 0.4) is 0 Å². The molecule has 1 heterocycles. The molecule has 1 fully saturated rings. The van der Waals surface area contributed by atoms with E-state index in [-0.39, 0.29) is 22.7 Å². The first kappa shape index (κ1) is 13.0. The summed E-state index contributed by atoms with van der Waals surface area (Å²) in [5, 5.41) is 10.5. The van der Waals surface area contributed by atoms with Crippen LogP contribution in [0.15, 0.2) is 5.38 Å². The summed E-state index contributed by atoms with van der Waals surface area (Å²) in [5.41, 5.74) is -0.0570. The molecule has 1 amide bonds. The number of carboxylic acid groups (broad SMARTS) is 1.